The van der Waals surface area contributed by atoms with E-state index < -0.39 is 11.8 Å². The molecular weight excluding hydrogens is 992 g/mol. The average Bonchev–Trinajstić information content (AvgIpc) is 4.08. The van der Waals surface area contributed by atoms with Crippen molar-refractivity contribution in [1.82, 2.24) is 18.9 Å². The Labute approximate surface area is 400 Å². The summed E-state index contributed by atoms with van der Waals surface area (Å²) in [6, 6.07) is 56.4. The number of phenols is 1. The number of imidazole rings is 1. The Morgan fingerprint density at radius 1 is 0.652 bits per heavy atom. The first-order chi connectivity index (χ1) is 32.2. The summed E-state index contributed by atoms with van der Waals surface area (Å²) in [4.78, 5) is 10.8. The van der Waals surface area contributed by atoms with Gasteiger partial charge in [0.05, 0.1) is 44.6 Å². The normalized spacial score (nSPS) is 13.1. The van der Waals surface area contributed by atoms with E-state index in [-0.39, 0.29) is 32.2 Å². The van der Waals surface area contributed by atoms with Crippen molar-refractivity contribution in [3.05, 3.63) is 175 Å². The largest absolute Gasteiger partial charge is 0.507 e. The smallest absolute Gasteiger partial charge is 0.202 e. The molecule has 326 valence electrons. The summed E-state index contributed by atoms with van der Waals surface area (Å²) in [6.07, 6.45) is -1.78. The van der Waals surface area contributed by atoms with Crippen LogP contribution in [-0.4, -0.2) is 24.0 Å². The topological polar surface area (TPSA) is 68.5 Å². The number of aromatic hydroxyl groups is 1. The Kier molecular flexibility index (Phi) is 9.12. The molecule has 0 bridgehead atoms. The Balaban J connectivity index is 0.00000507. The van der Waals surface area contributed by atoms with E-state index >= 15 is 0 Å². The summed E-state index contributed by atoms with van der Waals surface area (Å²) >= 11 is 0. The minimum atomic E-state index is -1.78. The standard InChI is InChI=1S/C59H47N4O2.Pt/c1-58(2,3)34-35-31-46(60-47(32-35)41-23-15-25-44-52-43-24-14-21-39-38-19-10-12-26-48(38)63(54(39)43)57(52)65-55(41)44)40-22-16-27-50-53(40)61-56(42-20-11-13-28-51(42)64)62(50)49-30-29-37(59(4,5)6)33-45(49)36-17-8-7-9-18-36;/h7-22,24-33,64H,34H2,1-6H3;/q-1;/i34D2;. The molecule has 0 spiro atoms. The maximum atomic E-state index is 11.5. The predicted octanol–water partition coefficient (Wildman–Crippen LogP) is 15.4. The molecule has 0 saturated carbocycles. The number of hydrogen-bond acceptors (Lipinski definition) is 4. The number of rotatable bonds is 6. The number of furan rings is 1. The maximum Gasteiger partial charge on any atom is 0.202 e. The summed E-state index contributed by atoms with van der Waals surface area (Å²) in [5, 5.41) is 16.9. The first kappa shape index (κ1) is 39.4. The van der Waals surface area contributed by atoms with E-state index in [9.17, 15) is 7.85 Å². The van der Waals surface area contributed by atoms with Gasteiger partial charge >= 0.3 is 0 Å². The van der Waals surface area contributed by atoms with E-state index in [4.69, 9.17) is 14.4 Å². The third-order valence-electron chi connectivity index (χ3n) is 12.7. The Hall–Kier alpha value is -7.01. The number of benzene rings is 7. The van der Waals surface area contributed by atoms with E-state index in [1.54, 1.807) is 6.07 Å². The van der Waals surface area contributed by atoms with Gasteiger partial charge in [-0.25, -0.2) is 4.98 Å². The Morgan fingerprint density at radius 2 is 1.35 bits per heavy atom. The molecule has 12 rings (SSSR count). The third kappa shape index (κ3) is 6.56. The molecule has 0 aliphatic carbocycles. The summed E-state index contributed by atoms with van der Waals surface area (Å²) in [6.45, 7) is 12.4. The molecule has 7 heteroatoms. The van der Waals surface area contributed by atoms with E-state index in [1.807, 2.05) is 75.4 Å². The maximum absolute atomic E-state index is 11.5. The van der Waals surface area contributed by atoms with Gasteiger partial charge in [0.15, 0.2) is 0 Å². The van der Waals surface area contributed by atoms with Crippen LogP contribution < -0.4 is 0 Å². The van der Waals surface area contributed by atoms with Crippen LogP contribution in [0.5, 0.6) is 5.75 Å². The van der Waals surface area contributed by atoms with E-state index in [2.05, 4.69) is 133 Å². The van der Waals surface area contributed by atoms with Gasteiger partial charge in [0, 0.05) is 56.5 Å². The Morgan fingerprint density at radius 3 is 2.15 bits per heavy atom. The predicted molar refractivity (Wildman–Crippen MR) is 267 cm³/mol. The quantitative estimate of drug-likeness (QED) is 0.169. The zero-order valence-corrected chi connectivity index (χ0v) is 39.7. The first-order valence-electron chi connectivity index (χ1n) is 23.2. The zero-order chi connectivity index (χ0) is 46.1. The van der Waals surface area contributed by atoms with Gasteiger partial charge in [0.25, 0.3) is 0 Å². The van der Waals surface area contributed by atoms with Crippen LogP contribution in [0.2, 0.25) is 0 Å². The van der Waals surface area contributed by atoms with E-state index in [0.29, 0.717) is 45.0 Å². The van der Waals surface area contributed by atoms with Crippen molar-refractivity contribution in [2.24, 2.45) is 5.41 Å². The van der Waals surface area contributed by atoms with Crippen LogP contribution in [0, 0.1) is 11.5 Å². The van der Waals surface area contributed by atoms with E-state index in [0.717, 1.165) is 60.8 Å². The fourth-order valence-electron chi connectivity index (χ4n) is 9.83. The number of aromatic nitrogens is 4. The fraction of sp³-hybridized carbons (Fsp3) is 0.153. The van der Waals surface area contributed by atoms with Crippen molar-refractivity contribution < 1.29 is 33.3 Å². The van der Waals surface area contributed by atoms with Crippen molar-refractivity contribution in [2.45, 2.75) is 53.3 Å². The van der Waals surface area contributed by atoms with Crippen molar-refractivity contribution >= 4 is 60.3 Å². The number of nitrogens with zero attached hydrogens (tertiary/aromatic N) is 4. The minimum absolute atomic E-state index is 0. The molecule has 12 aromatic rings. The molecule has 0 fully saturated rings. The SMILES string of the molecule is [2H]C([2H])(c1cc(-c2cccc3c2nc(-c2ccccc2O)n3-c2ccc(C(C)(C)C)cc2-c2ccccc2)nc(-c2[c-]ccc3c2oc2c3c3cccc4c5ccccc5n2c43)c1)C(C)(C)C.[Pt]. The van der Waals surface area contributed by atoms with Gasteiger partial charge in [-0.3, -0.25) is 14.0 Å². The molecular formula is C59H47N4O2Pt-. The van der Waals surface area contributed by atoms with Gasteiger partial charge in [-0.05, 0) is 76.5 Å². The first-order valence-corrected chi connectivity index (χ1v) is 22.2. The van der Waals surface area contributed by atoms with Crippen molar-refractivity contribution in [3.63, 3.8) is 0 Å². The minimum Gasteiger partial charge on any atom is -0.507 e. The second-order valence-electron chi connectivity index (χ2n) is 19.2. The third-order valence-corrected chi connectivity index (χ3v) is 12.7. The summed E-state index contributed by atoms with van der Waals surface area (Å²) in [7, 11) is 0. The summed E-state index contributed by atoms with van der Waals surface area (Å²) in [5.41, 5.74) is 11.9. The zero-order valence-electron chi connectivity index (χ0n) is 39.5. The second kappa shape index (κ2) is 15.3. The van der Waals surface area contributed by atoms with Gasteiger partial charge in [-0.2, -0.15) is 0 Å². The number of hydrogen-bond donors (Lipinski definition) is 1. The molecule has 0 radical (unpaired) electrons. The van der Waals surface area contributed by atoms with E-state index in [1.165, 1.54) is 16.3 Å². The van der Waals surface area contributed by atoms with Gasteiger partial charge in [-0.15, -0.1) is 18.2 Å². The molecule has 5 heterocycles. The van der Waals surface area contributed by atoms with Crippen LogP contribution in [0.4, 0.5) is 0 Å². The summed E-state index contributed by atoms with van der Waals surface area (Å²) < 4.78 is 30.7. The van der Waals surface area contributed by atoms with Crippen LogP contribution in [0.25, 0.3) is 111 Å². The molecule has 7 aromatic carbocycles. The van der Waals surface area contributed by atoms with Crippen molar-refractivity contribution in [2.75, 3.05) is 0 Å². The van der Waals surface area contributed by atoms with Crippen LogP contribution in [0.3, 0.4) is 0 Å². The molecule has 66 heavy (non-hydrogen) atoms. The van der Waals surface area contributed by atoms with Gasteiger partial charge < -0.3 is 9.52 Å². The van der Waals surface area contributed by atoms with Crippen LogP contribution in [0.15, 0.2) is 162 Å². The number of para-hydroxylation sites is 4. The average molecular weight is 1040 g/mol. The van der Waals surface area contributed by atoms with Gasteiger partial charge in [0.2, 0.25) is 5.71 Å². The molecule has 0 aliphatic heterocycles. The molecule has 0 aliphatic rings. The van der Waals surface area contributed by atoms with Crippen molar-refractivity contribution in [3.8, 4) is 56.5 Å². The number of phenolic OH excluding ortho intramolecular Hbond substituents is 1. The fourth-order valence-corrected chi connectivity index (χ4v) is 9.83. The van der Waals surface area contributed by atoms with Crippen LogP contribution in [-0.2, 0) is 32.9 Å². The molecule has 0 atom stereocenters. The van der Waals surface area contributed by atoms with Crippen LogP contribution >= 0.6 is 0 Å². The molecule has 0 saturated heterocycles. The summed E-state index contributed by atoms with van der Waals surface area (Å²) in [5.74, 6) is 0.678. The van der Waals surface area contributed by atoms with Crippen molar-refractivity contribution in [1.29, 1.82) is 0 Å². The molecule has 0 amide bonds. The molecule has 5 aromatic heterocycles. The second-order valence-corrected chi connectivity index (χ2v) is 19.2. The number of fused-ring (bicyclic) bond motifs is 9. The van der Waals surface area contributed by atoms with Gasteiger partial charge in [-0.1, -0.05) is 161 Å². The molecule has 1 N–H and O–H groups in total. The molecule has 6 nitrogen and oxygen atoms in total. The molecule has 0 unspecified atom stereocenters. The monoisotopic (exact) mass is 1040 g/mol. The number of pyridine rings is 1. The van der Waals surface area contributed by atoms with Gasteiger partial charge in [0.1, 0.15) is 11.6 Å². The van der Waals surface area contributed by atoms with Crippen LogP contribution in [0.1, 0.15) is 55.4 Å². The Bertz CT molecular complexity index is 3950.